The molecule has 1 radical (unpaired) electrons. The van der Waals surface area contributed by atoms with Crippen LogP contribution >= 0.6 is 0 Å². The third-order valence-corrected chi connectivity index (χ3v) is 0. The van der Waals surface area contributed by atoms with Crippen molar-refractivity contribution in [3.8, 4) is 0 Å². The Morgan fingerprint density at radius 2 is 0.727 bits per heavy atom. The van der Waals surface area contributed by atoms with E-state index in [9.17, 15) is 0 Å². The molecule has 0 bridgehead atoms. The summed E-state index contributed by atoms with van der Waals surface area (Å²) in [6.07, 6.45) is 1.50. The van der Waals surface area contributed by atoms with Gasteiger partial charge in [-0.1, -0.05) is 0 Å². The summed E-state index contributed by atoms with van der Waals surface area (Å²) in [7, 11) is 0. The quantitative estimate of drug-likeness (QED) is 0.243. The van der Waals surface area contributed by atoms with Crippen molar-refractivity contribution in [1.82, 2.24) is 0 Å². The Hall–Kier alpha value is 0.283. The van der Waals surface area contributed by atoms with Crippen LogP contribution in [-0.2, 0) is 31.2 Å². The predicted molar refractivity (Wildman–Crippen MR) is 27.2 cm³/mol. The topological polar surface area (TPSA) is 118 Å². The van der Waals surface area contributed by atoms with Gasteiger partial charge in [0.2, 0.25) is 0 Å². The standard InChI is InChI=1S/3CNO.Co.K/c3*2-1-3;;/q3*-1;+2;+1. The molecule has 11 heavy (non-hydrogen) atoms. The summed E-state index contributed by atoms with van der Waals surface area (Å²) in [5.41, 5.74) is 0. The molecule has 0 N–H and O–H groups in total. The average molecular weight is 224 g/mol. The summed E-state index contributed by atoms with van der Waals surface area (Å²) >= 11 is 0. The number of nitrogens with zero attached hydrogens (tertiary/aromatic N) is 3. The first kappa shape index (κ1) is 30.2. The van der Waals surface area contributed by atoms with Crippen LogP contribution < -0.4 is 51.4 Å². The molecule has 0 saturated carbocycles. The van der Waals surface area contributed by atoms with E-state index in [1.165, 1.54) is 0 Å². The van der Waals surface area contributed by atoms with Gasteiger partial charge in [-0.05, 0) is 18.2 Å². The van der Waals surface area contributed by atoms with Gasteiger partial charge >= 0.3 is 68.2 Å². The Morgan fingerprint density at radius 3 is 0.727 bits per heavy atom. The first-order valence-corrected chi connectivity index (χ1v) is 1.28. The molecule has 0 rings (SSSR count). The van der Waals surface area contributed by atoms with E-state index in [-0.39, 0.29) is 68.2 Å². The van der Waals surface area contributed by atoms with Gasteiger partial charge in [-0.15, -0.1) is 0 Å². The van der Waals surface area contributed by atoms with E-state index in [2.05, 4.69) is 0 Å². The summed E-state index contributed by atoms with van der Waals surface area (Å²) in [5.74, 6) is 0. The van der Waals surface area contributed by atoms with Crippen LogP contribution in [0.3, 0.4) is 0 Å². The molecule has 0 aliphatic carbocycles. The minimum Gasteiger partial charge on any atom is -0.724 e. The van der Waals surface area contributed by atoms with Gasteiger partial charge in [0.15, 0.2) is 0 Å². The van der Waals surface area contributed by atoms with E-state index in [0.29, 0.717) is 18.2 Å². The molecule has 55 valence electrons. The summed E-state index contributed by atoms with van der Waals surface area (Å²) in [6, 6.07) is 0. The van der Waals surface area contributed by atoms with E-state index in [0.717, 1.165) is 0 Å². The maximum absolute atomic E-state index is 8.24. The number of carbonyl (C=O) groups excluding carboxylic acids is 3. The van der Waals surface area contributed by atoms with Crippen LogP contribution in [-0.4, -0.2) is 18.2 Å². The van der Waals surface area contributed by atoms with Gasteiger partial charge in [-0.2, -0.15) is 0 Å². The monoisotopic (exact) mass is 224 g/mol. The largest absolute Gasteiger partial charge is 2.00 e. The summed E-state index contributed by atoms with van der Waals surface area (Å²) in [4.78, 5) is 24.7. The Balaban J connectivity index is -0.0000000150. The fourth-order valence-electron chi connectivity index (χ4n) is 0. The van der Waals surface area contributed by atoms with E-state index in [1.807, 2.05) is 0 Å². The van der Waals surface area contributed by atoms with Crippen molar-refractivity contribution in [3.63, 3.8) is 0 Å². The molecule has 0 aromatic rings. The molecule has 0 amide bonds. The van der Waals surface area contributed by atoms with E-state index < -0.39 is 0 Å². The Kier molecular flexibility index (Phi) is 226. The number of hydrogen-bond acceptors (Lipinski definition) is 3. The van der Waals surface area contributed by atoms with Crippen molar-refractivity contribution in [1.29, 1.82) is 0 Å². The maximum atomic E-state index is 8.24. The molecular weight excluding hydrogens is 224 g/mol. The second-order valence-corrected chi connectivity index (χ2v) is 0.274. The van der Waals surface area contributed by atoms with Crippen molar-refractivity contribution >= 4 is 18.2 Å². The van der Waals surface area contributed by atoms with Gasteiger partial charge in [0.1, 0.15) is 0 Å². The van der Waals surface area contributed by atoms with Crippen molar-refractivity contribution < 1.29 is 82.5 Å². The van der Waals surface area contributed by atoms with Crippen molar-refractivity contribution in [2.24, 2.45) is 0 Å². The number of rotatable bonds is 0. The fraction of sp³-hybridized carbons (Fsp3) is 0. The van der Waals surface area contributed by atoms with Crippen molar-refractivity contribution in [2.45, 2.75) is 0 Å². The molecule has 0 spiro atoms. The fourth-order valence-corrected chi connectivity index (χ4v) is 0. The summed E-state index contributed by atoms with van der Waals surface area (Å²) in [5, 5.41) is 20.3. The zero-order valence-electron chi connectivity index (χ0n) is 5.40. The van der Waals surface area contributed by atoms with Crippen LogP contribution in [0.4, 0.5) is 0 Å². The first-order chi connectivity index (χ1) is 4.24. The zero-order chi connectivity index (χ0) is 8.12. The molecule has 0 fully saturated rings. The van der Waals surface area contributed by atoms with Gasteiger partial charge in [-0.3, -0.25) is 14.4 Å². The second kappa shape index (κ2) is 82.2. The third kappa shape index (κ3) is 8820. The van der Waals surface area contributed by atoms with E-state index >= 15 is 0 Å². The minimum atomic E-state index is 0. The summed E-state index contributed by atoms with van der Waals surface area (Å²) < 4.78 is 0. The number of isocyanates is 3. The Morgan fingerprint density at radius 1 is 0.727 bits per heavy atom. The maximum Gasteiger partial charge on any atom is 2.00 e. The van der Waals surface area contributed by atoms with Gasteiger partial charge in [0, 0.05) is 0 Å². The van der Waals surface area contributed by atoms with Gasteiger partial charge in [-0.25, -0.2) is 0 Å². The SMILES string of the molecule is [Co+2].[K+].[N-]=C=O.[N-]=C=O.[N-]=C=O. The smallest absolute Gasteiger partial charge is 0.724 e. The average Bonchev–Trinajstić information content (AvgIpc) is 1.70. The molecule has 0 heterocycles. The van der Waals surface area contributed by atoms with Crippen LogP contribution in [0.5, 0.6) is 0 Å². The third-order valence-electron chi connectivity index (χ3n) is 0. The molecule has 0 saturated heterocycles. The molecule has 8 heteroatoms. The Labute approximate surface area is 115 Å². The van der Waals surface area contributed by atoms with Crippen LogP contribution in [0.15, 0.2) is 0 Å². The molecular formula is C3CoKN3O3. The normalized spacial score (nSPS) is 2.18. The molecule has 0 aromatic carbocycles. The van der Waals surface area contributed by atoms with Crippen LogP contribution in [0.1, 0.15) is 0 Å². The van der Waals surface area contributed by atoms with E-state index in [4.69, 9.17) is 30.6 Å². The summed E-state index contributed by atoms with van der Waals surface area (Å²) in [6.45, 7) is 0. The Bertz CT molecular complexity index is 115. The second-order valence-electron chi connectivity index (χ2n) is 0.274. The molecule has 0 aromatic heterocycles. The van der Waals surface area contributed by atoms with Crippen LogP contribution in [0, 0.1) is 0 Å². The zero-order valence-corrected chi connectivity index (χ0v) is 9.56. The number of hydrogen-bond donors (Lipinski definition) is 0. The molecule has 0 aliphatic rings. The van der Waals surface area contributed by atoms with Crippen LogP contribution in [0.2, 0.25) is 0 Å². The molecule has 6 nitrogen and oxygen atoms in total. The van der Waals surface area contributed by atoms with Gasteiger partial charge in [0.25, 0.3) is 0 Å². The van der Waals surface area contributed by atoms with Crippen molar-refractivity contribution in [3.05, 3.63) is 16.2 Å². The first-order valence-electron chi connectivity index (χ1n) is 1.28. The minimum absolute atomic E-state index is 0. The molecule has 0 atom stereocenters. The van der Waals surface area contributed by atoms with E-state index in [1.54, 1.807) is 0 Å². The van der Waals surface area contributed by atoms with Gasteiger partial charge in [0.05, 0.1) is 0 Å². The van der Waals surface area contributed by atoms with Crippen molar-refractivity contribution in [2.75, 3.05) is 0 Å². The predicted octanol–water partition coefficient (Wildman–Crippen LogP) is -3.32. The molecule has 0 aliphatic heterocycles. The molecule has 0 unspecified atom stereocenters. The van der Waals surface area contributed by atoms with Gasteiger partial charge < -0.3 is 16.2 Å². The van der Waals surface area contributed by atoms with Crippen LogP contribution in [0.25, 0.3) is 16.2 Å².